The van der Waals surface area contributed by atoms with Crippen LogP contribution in [-0.2, 0) is 4.79 Å². The van der Waals surface area contributed by atoms with Crippen LogP contribution in [0.5, 0.6) is 0 Å². The molecule has 0 amide bonds. The number of nitrogen functional groups attached to an aromatic ring is 1. The van der Waals surface area contributed by atoms with Crippen molar-refractivity contribution in [3.8, 4) is 22.7 Å². The molecule has 1 aromatic carbocycles. The number of fused-ring (bicyclic) bond motifs is 1. The summed E-state index contributed by atoms with van der Waals surface area (Å²) in [7, 11) is 0. The minimum Gasteiger partial charge on any atom is -0.475 e. The Kier molecular flexibility index (Phi) is 6.34. The van der Waals surface area contributed by atoms with Gasteiger partial charge < -0.3 is 25.6 Å². The van der Waals surface area contributed by atoms with Gasteiger partial charge in [-0.3, -0.25) is 4.98 Å². The number of nitrogens with one attached hydrogen (secondary N) is 2. The summed E-state index contributed by atoms with van der Waals surface area (Å²) in [5, 5.41) is 19.3. The largest absolute Gasteiger partial charge is 0.490 e. The number of benzene rings is 1. The molecule has 0 radical (unpaired) electrons. The molecule has 0 aliphatic heterocycles. The second-order valence-corrected chi connectivity index (χ2v) is 7.63. The van der Waals surface area contributed by atoms with Crippen molar-refractivity contribution in [1.29, 1.82) is 0 Å². The third-order valence-electron chi connectivity index (χ3n) is 5.23. The maximum Gasteiger partial charge on any atom is 0.490 e. The Morgan fingerprint density at radius 1 is 1.21 bits per heavy atom. The van der Waals surface area contributed by atoms with Crippen LogP contribution in [0, 0.1) is 0 Å². The van der Waals surface area contributed by atoms with E-state index in [1.807, 2.05) is 24.4 Å². The van der Waals surface area contributed by atoms with Gasteiger partial charge in [-0.15, -0.1) is 5.10 Å². The van der Waals surface area contributed by atoms with Gasteiger partial charge in [0.1, 0.15) is 5.82 Å². The Bertz CT molecular complexity index is 1300. The lowest BCUT2D eigenvalue weighted by atomic mass is 10.1. The van der Waals surface area contributed by atoms with Gasteiger partial charge in [0.15, 0.2) is 0 Å². The van der Waals surface area contributed by atoms with Crippen LogP contribution in [0.3, 0.4) is 0 Å². The van der Waals surface area contributed by atoms with E-state index in [2.05, 4.69) is 25.5 Å². The lowest BCUT2D eigenvalue weighted by Gasteiger charge is -2.12. The third-order valence-corrected chi connectivity index (χ3v) is 5.23. The zero-order chi connectivity index (χ0) is 24.3. The Hall–Kier alpha value is -4.16. The molecule has 1 fully saturated rings. The zero-order valence-corrected chi connectivity index (χ0v) is 17.6. The number of alkyl halides is 3. The minimum absolute atomic E-state index is 0.0518. The number of aromatic amines is 1. The Morgan fingerprint density at radius 2 is 1.94 bits per heavy atom. The van der Waals surface area contributed by atoms with Crippen molar-refractivity contribution in [1.82, 2.24) is 25.1 Å². The first-order chi connectivity index (χ1) is 16.2. The number of carboxylic acids is 1. The number of nitrogens with zero attached hydrogens (tertiary/aromatic N) is 4. The molecule has 178 valence electrons. The van der Waals surface area contributed by atoms with Crippen molar-refractivity contribution in [2.24, 2.45) is 0 Å². The maximum atomic E-state index is 10.6. The number of H-pyrrole nitrogens is 1. The summed E-state index contributed by atoms with van der Waals surface area (Å²) in [6, 6.07) is 6.43. The van der Waals surface area contributed by atoms with E-state index in [1.165, 1.54) is 25.7 Å². The van der Waals surface area contributed by atoms with Crippen molar-refractivity contribution >= 4 is 28.7 Å². The topological polar surface area (TPSA) is 156 Å². The first-order valence-corrected chi connectivity index (χ1v) is 10.3. The standard InChI is InChI=1S/C19H19N7O.C2HF3O2/c20-19-26-25-18(27-19)11-5-6-15-13(7-11)14(8-22-15)16-9-21-10-17(24-16)23-12-3-1-2-4-12;3-2(4,5)1(6)7/h5-10,12,22H,1-4H2,(H2,20,26)(H,23,24);(H,6,7). The number of anilines is 2. The quantitative estimate of drug-likeness (QED) is 0.339. The smallest absolute Gasteiger partial charge is 0.475 e. The van der Waals surface area contributed by atoms with E-state index in [1.54, 1.807) is 12.4 Å². The van der Waals surface area contributed by atoms with Crippen molar-refractivity contribution in [3.63, 3.8) is 0 Å². The summed E-state index contributed by atoms with van der Waals surface area (Å²) in [5.74, 6) is -1.55. The molecule has 5 N–H and O–H groups in total. The van der Waals surface area contributed by atoms with Gasteiger partial charge in [0, 0.05) is 34.3 Å². The molecule has 0 bridgehead atoms. The predicted molar refractivity (Wildman–Crippen MR) is 117 cm³/mol. The highest BCUT2D eigenvalue weighted by Crippen LogP contribution is 2.31. The van der Waals surface area contributed by atoms with Gasteiger partial charge in [0.2, 0.25) is 5.89 Å². The molecule has 10 nitrogen and oxygen atoms in total. The fourth-order valence-electron chi connectivity index (χ4n) is 3.66. The van der Waals surface area contributed by atoms with E-state index in [0.29, 0.717) is 11.9 Å². The molecule has 1 aliphatic rings. The summed E-state index contributed by atoms with van der Waals surface area (Å²) in [5.41, 5.74) is 9.13. The molecule has 0 atom stereocenters. The molecule has 1 saturated carbocycles. The fraction of sp³-hybridized carbons (Fsp3) is 0.286. The number of hydrogen-bond acceptors (Lipinski definition) is 8. The highest BCUT2D eigenvalue weighted by Gasteiger charge is 2.38. The van der Waals surface area contributed by atoms with Gasteiger partial charge in [-0.2, -0.15) is 13.2 Å². The Labute approximate surface area is 190 Å². The summed E-state index contributed by atoms with van der Waals surface area (Å²) >= 11 is 0. The van der Waals surface area contributed by atoms with E-state index in [4.69, 9.17) is 25.0 Å². The van der Waals surface area contributed by atoms with Gasteiger partial charge >= 0.3 is 18.2 Å². The number of carboxylic acid groups (broad SMARTS) is 1. The maximum absolute atomic E-state index is 10.6. The highest BCUT2D eigenvalue weighted by atomic mass is 19.4. The van der Waals surface area contributed by atoms with Gasteiger partial charge in [-0.25, -0.2) is 9.78 Å². The average Bonchev–Trinajstić information content (AvgIpc) is 3.54. The predicted octanol–water partition coefficient (Wildman–Crippen LogP) is 4.24. The number of hydrogen-bond donors (Lipinski definition) is 4. The molecule has 4 aromatic rings. The number of halogens is 3. The molecule has 0 spiro atoms. The van der Waals surface area contributed by atoms with Crippen LogP contribution in [-0.4, -0.2) is 48.4 Å². The minimum atomic E-state index is -5.08. The molecular weight excluding hydrogens is 455 g/mol. The van der Waals surface area contributed by atoms with Crippen LogP contribution < -0.4 is 11.1 Å². The molecule has 0 saturated heterocycles. The van der Waals surface area contributed by atoms with E-state index < -0.39 is 12.1 Å². The van der Waals surface area contributed by atoms with E-state index in [0.717, 1.165) is 33.5 Å². The monoisotopic (exact) mass is 475 g/mol. The van der Waals surface area contributed by atoms with Crippen molar-refractivity contribution in [2.75, 3.05) is 11.1 Å². The van der Waals surface area contributed by atoms with E-state index in [-0.39, 0.29) is 6.01 Å². The summed E-state index contributed by atoms with van der Waals surface area (Å²) in [4.78, 5) is 21.3. The van der Waals surface area contributed by atoms with Crippen LogP contribution in [0.25, 0.3) is 33.6 Å². The van der Waals surface area contributed by atoms with Gasteiger partial charge in [-0.1, -0.05) is 17.9 Å². The van der Waals surface area contributed by atoms with Crippen LogP contribution in [0.4, 0.5) is 25.0 Å². The van der Waals surface area contributed by atoms with Crippen LogP contribution in [0.1, 0.15) is 25.7 Å². The molecule has 1 aliphatic carbocycles. The summed E-state index contributed by atoms with van der Waals surface area (Å²) in [6.07, 6.45) is 5.35. The van der Waals surface area contributed by atoms with Crippen molar-refractivity contribution < 1.29 is 27.5 Å². The zero-order valence-electron chi connectivity index (χ0n) is 17.6. The molecular formula is C21H20F3N7O3. The van der Waals surface area contributed by atoms with E-state index in [9.17, 15) is 13.2 Å². The number of nitrogens with two attached hydrogens (primary N) is 1. The summed E-state index contributed by atoms with van der Waals surface area (Å²) < 4.78 is 37.1. The van der Waals surface area contributed by atoms with E-state index >= 15 is 0 Å². The lowest BCUT2D eigenvalue weighted by Crippen LogP contribution is -2.21. The van der Waals surface area contributed by atoms with Crippen LogP contribution >= 0.6 is 0 Å². The lowest BCUT2D eigenvalue weighted by molar-refractivity contribution is -0.192. The normalized spacial score (nSPS) is 14.1. The third kappa shape index (κ3) is 5.24. The number of carbonyl (C=O) groups is 1. The molecule has 34 heavy (non-hydrogen) atoms. The van der Waals surface area contributed by atoms with Gasteiger partial charge in [0.05, 0.1) is 18.1 Å². The second kappa shape index (κ2) is 9.37. The number of rotatable bonds is 4. The molecule has 3 aromatic heterocycles. The number of aliphatic carboxylic acids is 1. The SMILES string of the molecule is Nc1nnc(-c2ccc3[nH]cc(-c4cncc(NC5CCCC5)n4)c3c2)o1.O=C(O)C(F)(F)F. The summed E-state index contributed by atoms with van der Waals surface area (Å²) in [6.45, 7) is 0. The van der Waals surface area contributed by atoms with Gasteiger partial charge in [0.25, 0.3) is 0 Å². The number of aromatic nitrogens is 5. The fourth-order valence-corrected chi connectivity index (χ4v) is 3.66. The van der Waals surface area contributed by atoms with Crippen molar-refractivity contribution in [3.05, 3.63) is 36.8 Å². The van der Waals surface area contributed by atoms with Crippen molar-refractivity contribution in [2.45, 2.75) is 37.9 Å². The average molecular weight is 475 g/mol. The Morgan fingerprint density at radius 3 is 2.59 bits per heavy atom. The molecule has 3 heterocycles. The molecule has 5 rings (SSSR count). The van der Waals surface area contributed by atoms with Crippen LogP contribution in [0.2, 0.25) is 0 Å². The first-order valence-electron chi connectivity index (χ1n) is 10.3. The molecule has 0 unspecified atom stereocenters. The second-order valence-electron chi connectivity index (χ2n) is 7.63. The Balaban J connectivity index is 0.000000344. The van der Waals surface area contributed by atoms with Crippen LogP contribution in [0.15, 0.2) is 41.2 Å². The first kappa shape index (κ1) is 23.0. The highest BCUT2D eigenvalue weighted by molar-refractivity contribution is 5.96. The van der Waals surface area contributed by atoms with Gasteiger partial charge in [-0.05, 0) is 31.0 Å². The molecule has 13 heteroatoms.